The fourth-order valence-electron chi connectivity index (χ4n) is 1.26. The zero-order valence-corrected chi connectivity index (χ0v) is 9.74. The Kier molecular flexibility index (Phi) is 3.34. The van der Waals surface area contributed by atoms with Crippen molar-refractivity contribution in [1.82, 2.24) is 20.0 Å². The van der Waals surface area contributed by atoms with E-state index >= 15 is 0 Å². The molecule has 0 radical (unpaired) electrons. The first-order valence-electron chi connectivity index (χ1n) is 5.34. The van der Waals surface area contributed by atoms with Crippen molar-refractivity contribution in [3.63, 3.8) is 0 Å². The Hall–Kier alpha value is -1.95. The van der Waals surface area contributed by atoms with Gasteiger partial charge in [0.25, 0.3) is 0 Å². The van der Waals surface area contributed by atoms with Crippen molar-refractivity contribution >= 4 is 0 Å². The van der Waals surface area contributed by atoms with Crippen LogP contribution in [0.2, 0.25) is 0 Å². The van der Waals surface area contributed by atoms with Crippen LogP contribution in [0.15, 0.2) is 24.5 Å². The second-order valence-corrected chi connectivity index (χ2v) is 3.87. The second-order valence-electron chi connectivity index (χ2n) is 3.87. The number of aliphatic hydroxyl groups is 1. The highest BCUT2D eigenvalue weighted by atomic mass is 16.5. The average Bonchev–Trinajstić information content (AvgIpc) is 2.79. The van der Waals surface area contributed by atoms with Crippen LogP contribution in [0.5, 0.6) is 11.6 Å². The smallest absolute Gasteiger partial charge is 0.239 e. The summed E-state index contributed by atoms with van der Waals surface area (Å²) in [5.74, 6) is 0.996. The molecule has 2 rings (SSSR count). The van der Waals surface area contributed by atoms with Gasteiger partial charge in [-0.3, -0.25) is 4.68 Å². The molecule has 90 valence electrons. The highest BCUT2D eigenvalue weighted by molar-refractivity contribution is 5.21. The summed E-state index contributed by atoms with van der Waals surface area (Å²) in [4.78, 5) is 0. The molecule has 17 heavy (non-hydrogen) atoms. The first-order chi connectivity index (χ1) is 8.19. The summed E-state index contributed by atoms with van der Waals surface area (Å²) < 4.78 is 7.27. The van der Waals surface area contributed by atoms with E-state index in [1.807, 2.05) is 13.8 Å². The Morgan fingerprint density at radius 3 is 2.71 bits per heavy atom. The largest absolute Gasteiger partial charge is 0.434 e. The predicted molar refractivity (Wildman–Crippen MR) is 60.6 cm³/mol. The van der Waals surface area contributed by atoms with Gasteiger partial charge in [0.2, 0.25) is 5.88 Å². The van der Waals surface area contributed by atoms with Crippen LogP contribution in [0.25, 0.3) is 0 Å². The van der Waals surface area contributed by atoms with E-state index in [1.165, 1.54) is 0 Å². The molecular formula is C11H14N4O2. The van der Waals surface area contributed by atoms with Crippen molar-refractivity contribution in [2.75, 3.05) is 0 Å². The van der Waals surface area contributed by atoms with Crippen LogP contribution in [0.1, 0.15) is 25.6 Å². The van der Waals surface area contributed by atoms with E-state index in [-0.39, 0.29) is 12.6 Å². The van der Waals surface area contributed by atoms with Gasteiger partial charge in [-0.2, -0.15) is 5.10 Å². The molecule has 0 aromatic carbocycles. The third kappa shape index (κ3) is 2.79. The zero-order valence-electron chi connectivity index (χ0n) is 9.74. The van der Waals surface area contributed by atoms with Crippen LogP contribution in [-0.2, 0) is 6.61 Å². The molecule has 0 aliphatic heterocycles. The van der Waals surface area contributed by atoms with Gasteiger partial charge >= 0.3 is 0 Å². The van der Waals surface area contributed by atoms with Gasteiger partial charge in [0.1, 0.15) is 0 Å². The van der Waals surface area contributed by atoms with E-state index in [9.17, 15) is 0 Å². The van der Waals surface area contributed by atoms with E-state index in [4.69, 9.17) is 9.84 Å². The normalized spacial score (nSPS) is 10.8. The minimum Gasteiger partial charge on any atom is -0.434 e. The summed E-state index contributed by atoms with van der Waals surface area (Å²) in [6.07, 6.45) is 3.42. The molecule has 0 bridgehead atoms. The van der Waals surface area contributed by atoms with E-state index in [0.717, 1.165) is 0 Å². The number of hydrogen-bond donors (Lipinski definition) is 1. The summed E-state index contributed by atoms with van der Waals surface area (Å²) >= 11 is 0. The number of aliphatic hydroxyl groups excluding tert-OH is 1. The first kappa shape index (κ1) is 11.5. The van der Waals surface area contributed by atoms with Crippen molar-refractivity contribution in [1.29, 1.82) is 0 Å². The Labute approximate surface area is 98.9 Å². The predicted octanol–water partition coefficient (Wildman–Crippen LogP) is 1.54. The molecule has 0 aliphatic carbocycles. The fourth-order valence-corrected chi connectivity index (χ4v) is 1.26. The first-order valence-corrected chi connectivity index (χ1v) is 5.34. The van der Waals surface area contributed by atoms with Crippen LogP contribution in [-0.4, -0.2) is 25.1 Å². The molecular weight excluding hydrogens is 220 g/mol. The number of rotatable bonds is 4. The lowest BCUT2D eigenvalue weighted by atomic mass is 10.4. The van der Waals surface area contributed by atoms with Crippen molar-refractivity contribution in [2.24, 2.45) is 0 Å². The van der Waals surface area contributed by atoms with Gasteiger partial charge in [-0.15, -0.1) is 10.2 Å². The van der Waals surface area contributed by atoms with Gasteiger partial charge in [-0.05, 0) is 19.9 Å². The molecule has 0 aliphatic rings. The fraction of sp³-hybridized carbons (Fsp3) is 0.364. The molecule has 0 atom stereocenters. The topological polar surface area (TPSA) is 73.1 Å². The van der Waals surface area contributed by atoms with Gasteiger partial charge in [0, 0.05) is 12.1 Å². The van der Waals surface area contributed by atoms with Gasteiger partial charge in [-0.25, -0.2) is 0 Å². The summed E-state index contributed by atoms with van der Waals surface area (Å²) in [6, 6.07) is 3.61. The minimum absolute atomic E-state index is 0.126. The SMILES string of the molecule is CC(C)n1cc(Oc2ccc(CO)nn2)cn1. The highest BCUT2D eigenvalue weighted by Gasteiger charge is 2.05. The average molecular weight is 234 g/mol. The van der Waals surface area contributed by atoms with Crippen LogP contribution in [0.3, 0.4) is 0 Å². The third-order valence-electron chi connectivity index (χ3n) is 2.19. The molecule has 0 spiro atoms. The van der Waals surface area contributed by atoms with E-state index < -0.39 is 0 Å². The molecule has 2 heterocycles. The second kappa shape index (κ2) is 4.92. The van der Waals surface area contributed by atoms with Gasteiger partial charge in [0.05, 0.1) is 24.7 Å². The maximum absolute atomic E-state index is 8.83. The lowest BCUT2D eigenvalue weighted by Crippen LogP contribution is -1.99. The van der Waals surface area contributed by atoms with Crippen LogP contribution in [0, 0.1) is 0 Å². The maximum atomic E-state index is 8.83. The molecule has 6 nitrogen and oxygen atoms in total. The van der Waals surface area contributed by atoms with Gasteiger partial charge in [0.15, 0.2) is 5.75 Å². The number of aromatic nitrogens is 4. The monoisotopic (exact) mass is 234 g/mol. The molecule has 0 unspecified atom stereocenters. The lowest BCUT2D eigenvalue weighted by Gasteiger charge is -2.03. The molecule has 2 aromatic heterocycles. The van der Waals surface area contributed by atoms with Crippen molar-refractivity contribution in [2.45, 2.75) is 26.5 Å². The third-order valence-corrected chi connectivity index (χ3v) is 2.19. The highest BCUT2D eigenvalue weighted by Crippen LogP contribution is 2.19. The summed E-state index contributed by atoms with van der Waals surface area (Å²) in [5.41, 5.74) is 0.509. The molecule has 6 heteroatoms. The number of ether oxygens (including phenoxy) is 1. The molecule has 0 saturated heterocycles. The van der Waals surface area contributed by atoms with Crippen LogP contribution in [0.4, 0.5) is 0 Å². The van der Waals surface area contributed by atoms with Crippen molar-refractivity contribution < 1.29 is 9.84 Å². The number of nitrogens with zero attached hydrogens (tertiary/aromatic N) is 4. The molecule has 1 N–H and O–H groups in total. The standard InChI is InChI=1S/C11H14N4O2/c1-8(2)15-6-10(5-12-15)17-11-4-3-9(7-16)13-14-11/h3-6,8,16H,7H2,1-2H3. The molecule has 0 fully saturated rings. The minimum atomic E-state index is -0.126. The van der Waals surface area contributed by atoms with Gasteiger partial charge in [-0.1, -0.05) is 0 Å². The van der Waals surface area contributed by atoms with Crippen molar-refractivity contribution in [3.05, 3.63) is 30.2 Å². The maximum Gasteiger partial charge on any atom is 0.239 e. The van der Waals surface area contributed by atoms with E-state index in [2.05, 4.69) is 15.3 Å². The molecule has 2 aromatic rings. The van der Waals surface area contributed by atoms with Gasteiger partial charge < -0.3 is 9.84 Å². The molecule has 0 amide bonds. The van der Waals surface area contributed by atoms with Crippen LogP contribution >= 0.6 is 0 Å². The summed E-state index contributed by atoms with van der Waals surface area (Å²) in [5, 5.41) is 20.6. The zero-order chi connectivity index (χ0) is 12.3. The van der Waals surface area contributed by atoms with E-state index in [0.29, 0.717) is 17.3 Å². The lowest BCUT2D eigenvalue weighted by molar-refractivity contribution is 0.274. The Morgan fingerprint density at radius 1 is 1.35 bits per heavy atom. The van der Waals surface area contributed by atoms with Crippen molar-refractivity contribution in [3.8, 4) is 11.6 Å². The quantitative estimate of drug-likeness (QED) is 0.868. The summed E-state index contributed by atoms with van der Waals surface area (Å²) in [6.45, 7) is 3.94. The van der Waals surface area contributed by atoms with Crippen LogP contribution < -0.4 is 4.74 Å². The number of hydrogen-bond acceptors (Lipinski definition) is 5. The Balaban J connectivity index is 2.08. The Morgan fingerprint density at radius 2 is 2.18 bits per heavy atom. The van der Waals surface area contributed by atoms with E-state index in [1.54, 1.807) is 29.2 Å². The molecule has 0 saturated carbocycles. The summed E-state index contributed by atoms with van der Waals surface area (Å²) in [7, 11) is 0. The Bertz CT molecular complexity index is 478.